The predicted octanol–water partition coefficient (Wildman–Crippen LogP) is 4.32. The Morgan fingerprint density at radius 2 is 1.88 bits per heavy atom. The quantitative estimate of drug-likeness (QED) is 0.812. The minimum atomic E-state index is -0.384. The van der Waals surface area contributed by atoms with Crippen molar-refractivity contribution in [3.05, 3.63) is 57.0 Å². The zero-order valence-electron chi connectivity index (χ0n) is 8.66. The summed E-state index contributed by atoms with van der Waals surface area (Å²) in [7, 11) is 0. The van der Waals surface area contributed by atoms with Crippen molar-refractivity contribution < 1.29 is 9.13 Å². The van der Waals surface area contributed by atoms with E-state index in [1.54, 1.807) is 18.3 Å². The third-order valence-corrected chi connectivity index (χ3v) is 3.02. The number of pyridine rings is 1. The van der Waals surface area contributed by atoms with Crippen LogP contribution >= 0.6 is 31.9 Å². The summed E-state index contributed by atoms with van der Waals surface area (Å²) in [6.45, 7) is 0.237. The van der Waals surface area contributed by atoms with Crippen LogP contribution in [0.4, 0.5) is 4.39 Å². The van der Waals surface area contributed by atoms with Crippen molar-refractivity contribution in [2.24, 2.45) is 0 Å². The Balaban J connectivity index is 2.07. The number of ether oxygens (including phenoxy) is 1. The van der Waals surface area contributed by atoms with E-state index in [-0.39, 0.29) is 18.2 Å². The standard InChI is InChI=1S/C12H8Br2FNO/c13-8-2-4-11(15)12(5-8)17-7-10-3-1-9(14)6-16-10/h1-6H,7H2. The van der Waals surface area contributed by atoms with Gasteiger partial charge in [-0.1, -0.05) is 15.9 Å². The lowest BCUT2D eigenvalue weighted by Gasteiger charge is -2.07. The van der Waals surface area contributed by atoms with Gasteiger partial charge in [-0.2, -0.15) is 0 Å². The second-order valence-electron chi connectivity index (χ2n) is 3.33. The van der Waals surface area contributed by atoms with Crippen LogP contribution in [0, 0.1) is 5.82 Å². The van der Waals surface area contributed by atoms with Crippen molar-refractivity contribution in [3.8, 4) is 5.75 Å². The summed E-state index contributed by atoms with van der Waals surface area (Å²) in [5, 5.41) is 0. The molecule has 0 unspecified atom stereocenters. The Morgan fingerprint density at radius 1 is 1.12 bits per heavy atom. The molecule has 0 radical (unpaired) electrons. The van der Waals surface area contributed by atoms with Crippen molar-refractivity contribution in [2.45, 2.75) is 6.61 Å². The molecule has 0 atom stereocenters. The van der Waals surface area contributed by atoms with Crippen molar-refractivity contribution >= 4 is 31.9 Å². The molecule has 0 saturated heterocycles. The first-order valence-electron chi connectivity index (χ1n) is 4.83. The van der Waals surface area contributed by atoms with Gasteiger partial charge in [-0.3, -0.25) is 4.98 Å². The molecule has 17 heavy (non-hydrogen) atoms. The maximum atomic E-state index is 13.4. The number of hydrogen-bond acceptors (Lipinski definition) is 2. The fraction of sp³-hybridized carbons (Fsp3) is 0.0833. The van der Waals surface area contributed by atoms with Crippen LogP contribution in [-0.4, -0.2) is 4.98 Å². The minimum absolute atomic E-state index is 0.212. The van der Waals surface area contributed by atoms with E-state index >= 15 is 0 Å². The molecular weight excluding hydrogens is 353 g/mol. The van der Waals surface area contributed by atoms with Crippen molar-refractivity contribution in [1.82, 2.24) is 4.98 Å². The predicted molar refractivity (Wildman–Crippen MR) is 70.4 cm³/mol. The number of benzene rings is 1. The largest absolute Gasteiger partial charge is 0.484 e. The fourth-order valence-corrected chi connectivity index (χ4v) is 1.81. The first-order valence-corrected chi connectivity index (χ1v) is 6.42. The van der Waals surface area contributed by atoms with E-state index in [0.717, 1.165) is 14.6 Å². The van der Waals surface area contributed by atoms with E-state index in [9.17, 15) is 4.39 Å². The van der Waals surface area contributed by atoms with Gasteiger partial charge < -0.3 is 4.74 Å². The summed E-state index contributed by atoms with van der Waals surface area (Å²) in [5.74, 6) is -0.172. The lowest BCUT2D eigenvalue weighted by atomic mass is 10.3. The van der Waals surface area contributed by atoms with Gasteiger partial charge in [0.2, 0.25) is 0 Å². The van der Waals surface area contributed by atoms with Crippen LogP contribution in [0.15, 0.2) is 45.5 Å². The van der Waals surface area contributed by atoms with Crippen LogP contribution in [0.1, 0.15) is 5.69 Å². The molecule has 0 aliphatic rings. The Bertz CT molecular complexity index is 516. The van der Waals surface area contributed by atoms with Gasteiger partial charge in [-0.15, -0.1) is 0 Å². The van der Waals surface area contributed by atoms with Crippen LogP contribution in [0.5, 0.6) is 5.75 Å². The summed E-state index contributed by atoms with van der Waals surface area (Å²) in [6, 6.07) is 8.26. The zero-order chi connectivity index (χ0) is 12.3. The summed E-state index contributed by atoms with van der Waals surface area (Å²) in [4.78, 5) is 4.14. The SMILES string of the molecule is Fc1ccc(Br)cc1OCc1ccc(Br)cn1. The highest BCUT2D eigenvalue weighted by Gasteiger charge is 2.04. The molecule has 2 rings (SSSR count). The van der Waals surface area contributed by atoms with E-state index in [0.29, 0.717) is 0 Å². The van der Waals surface area contributed by atoms with Crippen LogP contribution in [0.2, 0.25) is 0 Å². The van der Waals surface area contributed by atoms with Gasteiger partial charge in [0.1, 0.15) is 6.61 Å². The molecule has 2 aromatic rings. The molecule has 1 heterocycles. The van der Waals surface area contributed by atoms with E-state index in [1.807, 2.05) is 12.1 Å². The van der Waals surface area contributed by atoms with E-state index in [1.165, 1.54) is 6.07 Å². The Hall–Kier alpha value is -0.940. The fourth-order valence-electron chi connectivity index (χ4n) is 1.23. The summed E-state index contributed by atoms with van der Waals surface area (Å²) < 4.78 is 20.4. The van der Waals surface area contributed by atoms with Crippen molar-refractivity contribution in [3.63, 3.8) is 0 Å². The number of halogens is 3. The first-order chi connectivity index (χ1) is 8.15. The topological polar surface area (TPSA) is 22.1 Å². The Kier molecular flexibility index (Phi) is 4.12. The number of nitrogens with zero attached hydrogens (tertiary/aromatic N) is 1. The molecule has 1 aromatic heterocycles. The van der Waals surface area contributed by atoms with Crippen LogP contribution in [-0.2, 0) is 6.61 Å². The molecule has 0 fully saturated rings. The first kappa shape index (κ1) is 12.5. The van der Waals surface area contributed by atoms with Crippen LogP contribution in [0.3, 0.4) is 0 Å². The third-order valence-electron chi connectivity index (χ3n) is 2.06. The smallest absolute Gasteiger partial charge is 0.165 e. The molecule has 2 nitrogen and oxygen atoms in total. The average Bonchev–Trinajstić information content (AvgIpc) is 2.32. The summed E-state index contributed by atoms with van der Waals surface area (Å²) in [6.07, 6.45) is 1.68. The number of hydrogen-bond donors (Lipinski definition) is 0. The van der Waals surface area contributed by atoms with Gasteiger partial charge in [-0.25, -0.2) is 4.39 Å². The summed E-state index contributed by atoms with van der Waals surface area (Å²) in [5.41, 5.74) is 0.743. The zero-order valence-corrected chi connectivity index (χ0v) is 11.8. The monoisotopic (exact) mass is 359 g/mol. The molecule has 0 N–H and O–H groups in total. The van der Waals surface area contributed by atoms with Crippen LogP contribution in [0.25, 0.3) is 0 Å². The van der Waals surface area contributed by atoms with Gasteiger partial charge in [0.05, 0.1) is 5.69 Å². The van der Waals surface area contributed by atoms with Gasteiger partial charge in [-0.05, 0) is 46.3 Å². The second-order valence-corrected chi connectivity index (χ2v) is 5.16. The molecule has 88 valence electrons. The molecule has 0 aliphatic heterocycles. The lowest BCUT2D eigenvalue weighted by molar-refractivity contribution is 0.285. The number of aromatic nitrogens is 1. The molecule has 0 aliphatic carbocycles. The Morgan fingerprint density at radius 3 is 2.59 bits per heavy atom. The second kappa shape index (κ2) is 5.60. The minimum Gasteiger partial charge on any atom is -0.484 e. The van der Waals surface area contributed by atoms with Crippen molar-refractivity contribution in [2.75, 3.05) is 0 Å². The Labute approximate surface area is 115 Å². The van der Waals surface area contributed by atoms with Gasteiger partial charge >= 0.3 is 0 Å². The highest BCUT2D eigenvalue weighted by atomic mass is 79.9. The molecule has 5 heteroatoms. The van der Waals surface area contributed by atoms with E-state index in [2.05, 4.69) is 36.8 Å². The summed E-state index contributed by atoms with van der Waals surface area (Å²) >= 11 is 6.56. The average molecular weight is 361 g/mol. The third kappa shape index (κ3) is 3.51. The maximum Gasteiger partial charge on any atom is 0.165 e. The number of rotatable bonds is 3. The van der Waals surface area contributed by atoms with Gasteiger partial charge in [0.15, 0.2) is 11.6 Å². The maximum absolute atomic E-state index is 13.4. The molecular formula is C12H8Br2FNO. The van der Waals surface area contributed by atoms with Crippen molar-refractivity contribution in [1.29, 1.82) is 0 Å². The lowest BCUT2D eigenvalue weighted by Crippen LogP contribution is -1.99. The molecule has 1 aromatic carbocycles. The van der Waals surface area contributed by atoms with E-state index < -0.39 is 0 Å². The van der Waals surface area contributed by atoms with Gasteiger partial charge in [0.25, 0.3) is 0 Å². The normalized spacial score (nSPS) is 10.3. The molecule has 0 bridgehead atoms. The molecule has 0 spiro atoms. The molecule has 0 amide bonds. The van der Waals surface area contributed by atoms with E-state index in [4.69, 9.17) is 4.74 Å². The van der Waals surface area contributed by atoms with Crippen LogP contribution < -0.4 is 4.74 Å². The molecule has 0 saturated carbocycles. The van der Waals surface area contributed by atoms with Gasteiger partial charge in [0, 0.05) is 15.1 Å². The highest BCUT2D eigenvalue weighted by Crippen LogP contribution is 2.23. The highest BCUT2D eigenvalue weighted by molar-refractivity contribution is 9.10.